The number of nitro groups is 1. The molecule has 8 heteroatoms. The number of fused-ring (bicyclic) bond motifs is 1. The van der Waals surface area contributed by atoms with E-state index in [0.29, 0.717) is 22.4 Å². The second-order valence-electron chi connectivity index (χ2n) is 4.55. The molecule has 110 valence electrons. The number of aromatic nitrogens is 2. The lowest BCUT2D eigenvalue weighted by Gasteiger charge is -1.98. The lowest BCUT2D eigenvalue weighted by Crippen LogP contribution is -1.94. The van der Waals surface area contributed by atoms with Gasteiger partial charge in [-0.2, -0.15) is 4.39 Å². The first kappa shape index (κ1) is 13.7. The molecule has 1 aromatic heterocycles. The maximum absolute atomic E-state index is 13.7. The standard InChI is InChI=1S/C14H8FN3O4/c15-9-5-7(2-4-12(9)18(21)22)13-16-10-3-1-8(14(19)20)6-11(10)17-13/h1-6H,(H,16,17)(H,19,20). The highest BCUT2D eigenvalue weighted by atomic mass is 19.1. The summed E-state index contributed by atoms with van der Waals surface area (Å²) in [7, 11) is 0. The molecule has 0 atom stereocenters. The summed E-state index contributed by atoms with van der Waals surface area (Å²) in [5.41, 5.74) is 0.800. The Morgan fingerprint density at radius 3 is 2.68 bits per heavy atom. The van der Waals surface area contributed by atoms with Crippen LogP contribution in [-0.2, 0) is 0 Å². The van der Waals surface area contributed by atoms with E-state index in [1.54, 1.807) is 0 Å². The predicted octanol–water partition coefficient (Wildman–Crippen LogP) is 2.98. The number of nitrogens with one attached hydrogen (secondary N) is 1. The fraction of sp³-hybridized carbons (Fsp3) is 0. The molecule has 0 unspecified atom stereocenters. The number of aromatic carboxylic acids is 1. The van der Waals surface area contributed by atoms with Crippen molar-refractivity contribution in [2.75, 3.05) is 0 Å². The molecule has 0 bridgehead atoms. The van der Waals surface area contributed by atoms with Crippen molar-refractivity contribution < 1.29 is 19.2 Å². The summed E-state index contributed by atoms with van der Waals surface area (Å²) in [6.45, 7) is 0. The van der Waals surface area contributed by atoms with E-state index in [0.717, 1.165) is 12.1 Å². The molecule has 1 heterocycles. The molecule has 3 aromatic rings. The van der Waals surface area contributed by atoms with Crippen LogP contribution in [0.5, 0.6) is 0 Å². The van der Waals surface area contributed by atoms with E-state index in [4.69, 9.17) is 5.11 Å². The molecule has 0 radical (unpaired) electrons. The van der Waals surface area contributed by atoms with Gasteiger partial charge in [0.2, 0.25) is 5.82 Å². The van der Waals surface area contributed by atoms with Gasteiger partial charge in [-0.05, 0) is 30.3 Å². The second-order valence-corrected chi connectivity index (χ2v) is 4.55. The van der Waals surface area contributed by atoms with E-state index >= 15 is 0 Å². The zero-order chi connectivity index (χ0) is 15.9. The maximum atomic E-state index is 13.7. The quantitative estimate of drug-likeness (QED) is 0.571. The second kappa shape index (κ2) is 4.92. The Bertz CT molecular complexity index is 920. The number of hydrogen-bond donors (Lipinski definition) is 2. The first-order valence-corrected chi connectivity index (χ1v) is 6.13. The highest BCUT2D eigenvalue weighted by Gasteiger charge is 2.16. The lowest BCUT2D eigenvalue weighted by atomic mass is 10.2. The van der Waals surface area contributed by atoms with Gasteiger partial charge in [0.15, 0.2) is 0 Å². The van der Waals surface area contributed by atoms with Crippen molar-refractivity contribution in [3.8, 4) is 11.4 Å². The number of carbonyl (C=O) groups is 1. The molecule has 3 rings (SSSR count). The normalized spacial score (nSPS) is 10.8. The average Bonchev–Trinajstić information content (AvgIpc) is 2.89. The predicted molar refractivity (Wildman–Crippen MR) is 75.1 cm³/mol. The van der Waals surface area contributed by atoms with Crippen LogP contribution in [-0.4, -0.2) is 26.0 Å². The summed E-state index contributed by atoms with van der Waals surface area (Å²) in [4.78, 5) is 27.8. The molecule has 0 saturated heterocycles. The van der Waals surface area contributed by atoms with Crippen LogP contribution in [0.3, 0.4) is 0 Å². The van der Waals surface area contributed by atoms with E-state index in [9.17, 15) is 19.3 Å². The van der Waals surface area contributed by atoms with E-state index in [1.165, 1.54) is 24.3 Å². The number of carboxylic acid groups (broad SMARTS) is 1. The number of carboxylic acids is 1. The van der Waals surface area contributed by atoms with Crippen LogP contribution in [0.1, 0.15) is 10.4 Å². The molecule has 0 aliphatic heterocycles. The number of aromatic amines is 1. The molecule has 0 fully saturated rings. The summed E-state index contributed by atoms with van der Waals surface area (Å²) < 4.78 is 13.7. The third kappa shape index (κ3) is 2.26. The van der Waals surface area contributed by atoms with Gasteiger partial charge in [-0.15, -0.1) is 0 Å². The Kier molecular flexibility index (Phi) is 3.06. The van der Waals surface area contributed by atoms with Crippen LogP contribution in [0.25, 0.3) is 22.4 Å². The van der Waals surface area contributed by atoms with Crippen LogP contribution in [0.4, 0.5) is 10.1 Å². The summed E-state index contributed by atoms with van der Waals surface area (Å²) in [5.74, 6) is -1.74. The van der Waals surface area contributed by atoms with Crippen molar-refractivity contribution >= 4 is 22.7 Å². The van der Waals surface area contributed by atoms with Gasteiger partial charge in [0.25, 0.3) is 0 Å². The van der Waals surface area contributed by atoms with E-state index in [-0.39, 0.29) is 5.56 Å². The molecule has 0 amide bonds. The molecular weight excluding hydrogens is 293 g/mol. The minimum atomic E-state index is -1.07. The van der Waals surface area contributed by atoms with Crippen molar-refractivity contribution in [1.29, 1.82) is 0 Å². The van der Waals surface area contributed by atoms with Crippen molar-refractivity contribution in [3.05, 3.63) is 57.9 Å². The molecule has 7 nitrogen and oxygen atoms in total. The van der Waals surface area contributed by atoms with Gasteiger partial charge in [0.1, 0.15) is 5.82 Å². The number of hydrogen-bond acceptors (Lipinski definition) is 4. The van der Waals surface area contributed by atoms with Gasteiger partial charge in [0.05, 0.1) is 21.5 Å². The van der Waals surface area contributed by atoms with Gasteiger partial charge in [-0.1, -0.05) is 0 Å². The minimum Gasteiger partial charge on any atom is -0.478 e. The Balaban J connectivity index is 2.08. The maximum Gasteiger partial charge on any atom is 0.335 e. The van der Waals surface area contributed by atoms with Gasteiger partial charge in [-0.3, -0.25) is 10.1 Å². The molecule has 0 spiro atoms. The Morgan fingerprint density at radius 2 is 2.05 bits per heavy atom. The summed E-state index contributed by atoms with van der Waals surface area (Å²) in [6, 6.07) is 7.79. The highest BCUT2D eigenvalue weighted by Crippen LogP contribution is 2.25. The largest absolute Gasteiger partial charge is 0.478 e. The first-order chi connectivity index (χ1) is 10.5. The van der Waals surface area contributed by atoms with E-state index in [1.807, 2.05) is 0 Å². The fourth-order valence-electron chi connectivity index (χ4n) is 2.08. The van der Waals surface area contributed by atoms with Gasteiger partial charge < -0.3 is 10.1 Å². The number of nitro benzene ring substituents is 1. The topological polar surface area (TPSA) is 109 Å². The SMILES string of the molecule is O=C(O)c1ccc2nc(-c3ccc([N+](=O)[O-])c(F)c3)[nH]c2c1. The van der Waals surface area contributed by atoms with Gasteiger partial charge in [-0.25, -0.2) is 9.78 Å². The zero-order valence-electron chi connectivity index (χ0n) is 10.9. The first-order valence-electron chi connectivity index (χ1n) is 6.13. The highest BCUT2D eigenvalue weighted by molar-refractivity contribution is 5.93. The molecular formula is C14H8FN3O4. The van der Waals surface area contributed by atoms with Crippen LogP contribution >= 0.6 is 0 Å². The zero-order valence-corrected chi connectivity index (χ0v) is 10.9. The number of rotatable bonds is 3. The van der Waals surface area contributed by atoms with Crippen LogP contribution in [0.2, 0.25) is 0 Å². The molecule has 22 heavy (non-hydrogen) atoms. The molecule has 2 N–H and O–H groups in total. The summed E-state index contributed by atoms with van der Waals surface area (Å²) in [6.07, 6.45) is 0. The number of nitrogens with zero attached hydrogens (tertiary/aromatic N) is 2. The lowest BCUT2D eigenvalue weighted by molar-refractivity contribution is -0.387. The van der Waals surface area contributed by atoms with Crippen molar-refractivity contribution in [2.45, 2.75) is 0 Å². The van der Waals surface area contributed by atoms with Crippen LogP contribution in [0.15, 0.2) is 36.4 Å². The fourth-order valence-corrected chi connectivity index (χ4v) is 2.08. The van der Waals surface area contributed by atoms with Crippen molar-refractivity contribution in [1.82, 2.24) is 9.97 Å². The van der Waals surface area contributed by atoms with Crippen molar-refractivity contribution in [2.24, 2.45) is 0 Å². The Morgan fingerprint density at radius 1 is 1.27 bits per heavy atom. The Hall–Kier alpha value is -3.29. The van der Waals surface area contributed by atoms with Gasteiger partial charge in [0, 0.05) is 11.6 Å². The minimum absolute atomic E-state index is 0.0950. The monoisotopic (exact) mass is 301 g/mol. The van der Waals surface area contributed by atoms with E-state index in [2.05, 4.69) is 9.97 Å². The van der Waals surface area contributed by atoms with Crippen LogP contribution < -0.4 is 0 Å². The third-order valence-electron chi connectivity index (χ3n) is 3.15. The number of H-pyrrole nitrogens is 1. The number of halogens is 1. The molecule has 0 saturated carbocycles. The van der Waals surface area contributed by atoms with Crippen molar-refractivity contribution in [3.63, 3.8) is 0 Å². The van der Waals surface area contributed by atoms with Gasteiger partial charge >= 0.3 is 11.7 Å². The molecule has 2 aromatic carbocycles. The smallest absolute Gasteiger partial charge is 0.335 e. The molecule has 0 aliphatic carbocycles. The van der Waals surface area contributed by atoms with Crippen LogP contribution in [0, 0.1) is 15.9 Å². The van der Waals surface area contributed by atoms with E-state index < -0.39 is 22.4 Å². The summed E-state index contributed by atoms with van der Waals surface area (Å²) >= 11 is 0. The Labute approximate surface area is 122 Å². The number of imidazole rings is 1. The molecule has 0 aliphatic rings. The third-order valence-corrected chi connectivity index (χ3v) is 3.15. The summed E-state index contributed by atoms with van der Waals surface area (Å²) in [5, 5.41) is 19.5. The number of benzene rings is 2. The average molecular weight is 301 g/mol.